The summed E-state index contributed by atoms with van der Waals surface area (Å²) in [6.07, 6.45) is 3.18. The zero-order valence-corrected chi connectivity index (χ0v) is 19.6. The summed E-state index contributed by atoms with van der Waals surface area (Å²) >= 11 is 0. The molecule has 0 aliphatic rings. The number of hydrogen-bond acceptors (Lipinski definition) is 6. The predicted octanol–water partition coefficient (Wildman–Crippen LogP) is 3.84. The molecule has 0 spiro atoms. The fourth-order valence-corrected chi connectivity index (χ4v) is 3.90. The van der Waals surface area contributed by atoms with Crippen LogP contribution >= 0.6 is 0 Å². The van der Waals surface area contributed by atoms with Gasteiger partial charge >= 0.3 is 5.97 Å². The number of aromatic nitrogens is 3. The lowest BCUT2D eigenvalue weighted by atomic mass is 10.1. The van der Waals surface area contributed by atoms with Gasteiger partial charge in [0.15, 0.2) is 0 Å². The molecule has 0 aliphatic carbocycles. The minimum Gasteiger partial charge on any atom is -0.469 e. The molecule has 2 aromatic carbocycles. The van der Waals surface area contributed by atoms with Gasteiger partial charge in [-0.25, -0.2) is 9.97 Å². The van der Waals surface area contributed by atoms with Gasteiger partial charge in [-0.3, -0.25) is 14.5 Å². The smallest absolute Gasteiger partial charge is 0.307 e. The van der Waals surface area contributed by atoms with E-state index in [-0.39, 0.29) is 18.9 Å². The third kappa shape index (κ3) is 5.36. The maximum atomic E-state index is 13.4. The number of ether oxygens (including phenoxy) is 1. The molecule has 0 atom stereocenters. The minimum atomic E-state index is -0.397. The van der Waals surface area contributed by atoms with Crippen LogP contribution in [0, 0.1) is 11.3 Å². The Hall–Kier alpha value is -4.51. The van der Waals surface area contributed by atoms with Crippen molar-refractivity contribution in [1.29, 1.82) is 5.26 Å². The van der Waals surface area contributed by atoms with Crippen molar-refractivity contribution < 1.29 is 14.3 Å². The quantitative estimate of drug-likeness (QED) is 0.365. The number of nitrogens with zero attached hydrogens (tertiary/aromatic N) is 5. The third-order valence-electron chi connectivity index (χ3n) is 5.88. The molecular formula is C27H25N5O3. The second-order valence-electron chi connectivity index (χ2n) is 8.07. The summed E-state index contributed by atoms with van der Waals surface area (Å²) in [6, 6.07) is 20.4. The average Bonchev–Trinajstić information content (AvgIpc) is 3.22. The van der Waals surface area contributed by atoms with Crippen molar-refractivity contribution in [2.45, 2.75) is 19.3 Å². The van der Waals surface area contributed by atoms with Crippen LogP contribution in [0.5, 0.6) is 0 Å². The molecule has 0 unspecified atom stereocenters. The highest BCUT2D eigenvalue weighted by molar-refractivity contribution is 6.07. The van der Waals surface area contributed by atoms with Gasteiger partial charge in [0.1, 0.15) is 11.6 Å². The van der Waals surface area contributed by atoms with Gasteiger partial charge in [0.25, 0.3) is 5.91 Å². The van der Waals surface area contributed by atoms with E-state index in [1.54, 1.807) is 36.5 Å². The molecule has 0 saturated heterocycles. The van der Waals surface area contributed by atoms with E-state index in [9.17, 15) is 9.59 Å². The standard InChI is InChI=1S/C27H25N5O3/c1-31-23-12-11-21(27(34)32(16-14-26(33)35-2)24-5-3-4-15-29-24)17-22(23)30-25(31)13-10-19-6-8-20(18-28)9-7-19/h3-9,11-12,15,17H,10,13-14,16H2,1-2H3. The number of aryl methyl sites for hydroxylation is 3. The van der Waals surface area contributed by atoms with Gasteiger partial charge in [-0.2, -0.15) is 5.26 Å². The van der Waals surface area contributed by atoms with Gasteiger partial charge in [-0.05, 0) is 54.4 Å². The topological polar surface area (TPSA) is 101 Å². The lowest BCUT2D eigenvalue weighted by Gasteiger charge is -2.21. The summed E-state index contributed by atoms with van der Waals surface area (Å²) in [5, 5.41) is 8.97. The monoisotopic (exact) mass is 467 g/mol. The zero-order valence-electron chi connectivity index (χ0n) is 19.6. The van der Waals surface area contributed by atoms with Crippen molar-refractivity contribution in [2.24, 2.45) is 7.05 Å². The van der Waals surface area contributed by atoms with Crippen LogP contribution in [0.25, 0.3) is 11.0 Å². The number of anilines is 1. The van der Waals surface area contributed by atoms with Crippen molar-refractivity contribution >= 4 is 28.7 Å². The van der Waals surface area contributed by atoms with Crippen LogP contribution in [-0.2, 0) is 29.4 Å². The van der Waals surface area contributed by atoms with Crippen LogP contribution in [-0.4, -0.2) is 40.1 Å². The summed E-state index contributed by atoms with van der Waals surface area (Å²) in [7, 11) is 3.28. The highest BCUT2D eigenvalue weighted by Crippen LogP contribution is 2.21. The molecule has 8 heteroatoms. The number of carbonyl (C=O) groups excluding carboxylic acids is 2. The van der Waals surface area contributed by atoms with Crippen molar-refractivity contribution in [3.05, 3.63) is 89.4 Å². The highest BCUT2D eigenvalue weighted by Gasteiger charge is 2.21. The molecule has 8 nitrogen and oxygen atoms in total. The molecule has 4 aromatic rings. The molecule has 2 heterocycles. The Morgan fingerprint density at radius 2 is 1.89 bits per heavy atom. The van der Waals surface area contributed by atoms with Crippen LogP contribution in [0.4, 0.5) is 5.82 Å². The minimum absolute atomic E-state index is 0.0597. The first-order valence-electron chi connectivity index (χ1n) is 11.2. The number of rotatable bonds is 8. The van der Waals surface area contributed by atoms with Gasteiger partial charge in [-0.15, -0.1) is 0 Å². The van der Waals surface area contributed by atoms with Gasteiger partial charge in [0, 0.05) is 31.8 Å². The molecule has 0 saturated carbocycles. The SMILES string of the molecule is COC(=O)CCN(C(=O)c1ccc2c(c1)nc(CCc1ccc(C#N)cc1)n2C)c1ccccn1. The van der Waals surface area contributed by atoms with Crippen LogP contribution in [0.3, 0.4) is 0 Å². The molecular weight excluding hydrogens is 442 g/mol. The molecule has 0 bridgehead atoms. The second-order valence-corrected chi connectivity index (χ2v) is 8.07. The number of amides is 1. The van der Waals surface area contributed by atoms with Crippen molar-refractivity contribution in [2.75, 3.05) is 18.6 Å². The number of esters is 1. The first-order valence-corrected chi connectivity index (χ1v) is 11.2. The van der Waals surface area contributed by atoms with E-state index >= 15 is 0 Å². The zero-order chi connectivity index (χ0) is 24.8. The van der Waals surface area contributed by atoms with Crippen molar-refractivity contribution in [3.63, 3.8) is 0 Å². The molecule has 2 aromatic heterocycles. The Balaban J connectivity index is 1.57. The highest BCUT2D eigenvalue weighted by atomic mass is 16.5. The maximum absolute atomic E-state index is 13.4. The van der Waals surface area contributed by atoms with Crippen LogP contribution in [0.2, 0.25) is 0 Å². The summed E-state index contributed by atoms with van der Waals surface area (Å²) in [6.45, 7) is 0.151. The summed E-state index contributed by atoms with van der Waals surface area (Å²) < 4.78 is 6.77. The molecule has 0 aliphatic heterocycles. The predicted molar refractivity (Wildman–Crippen MR) is 132 cm³/mol. The number of carbonyl (C=O) groups is 2. The Morgan fingerprint density at radius 1 is 1.09 bits per heavy atom. The van der Waals surface area contributed by atoms with Crippen molar-refractivity contribution in [1.82, 2.24) is 14.5 Å². The van der Waals surface area contributed by atoms with E-state index in [4.69, 9.17) is 15.0 Å². The van der Waals surface area contributed by atoms with E-state index in [0.29, 0.717) is 16.9 Å². The van der Waals surface area contributed by atoms with Gasteiger partial charge in [-0.1, -0.05) is 18.2 Å². The fourth-order valence-electron chi connectivity index (χ4n) is 3.90. The summed E-state index contributed by atoms with van der Waals surface area (Å²) in [5.41, 5.74) is 3.88. The van der Waals surface area contributed by atoms with E-state index in [2.05, 4.69) is 11.1 Å². The van der Waals surface area contributed by atoms with Crippen molar-refractivity contribution in [3.8, 4) is 6.07 Å². The second kappa shape index (κ2) is 10.6. The van der Waals surface area contributed by atoms with Gasteiger partial charge < -0.3 is 9.30 Å². The first kappa shape index (κ1) is 23.6. The van der Waals surface area contributed by atoms with E-state index in [1.165, 1.54) is 12.0 Å². The molecule has 35 heavy (non-hydrogen) atoms. The number of nitriles is 1. The number of pyridine rings is 1. The Labute approximate surface area is 203 Å². The average molecular weight is 468 g/mol. The summed E-state index contributed by atoms with van der Waals surface area (Å²) in [5.74, 6) is 0.706. The number of benzene rings is 2. The molecule has 0 fully saturated rings. The summed E-state index contributed by atoms with van der Waals surface area (Å²) in [4.78, 5) is 35.7. The van der Waals surface area contributed by atoms with E-state index < -0.39 is 5.97 Å². The van der Waals surface area contributed by atoms with E-state index in [0.717, 1.165) is 35.3 Å². The number of methoxy groups -OCH3 is 1. The number of hydrogen-bond donors (Lipinski definition) is 0. The largest absolute Gasteiger partial charge is 0.469 e. The lowest BCUT2D eigenvalue weighted by Crippen LogP contribution is -2.33. The van der Waals surface area contributed by atoms with Crippen LogP contribution in [0.1, 0.15) is 33.7 Å². The fraction of sp³-hybridized carbons (Fsp3) is 0.222. The Bertz CT molecular complexity index is 1390. The molecule has 0 radical (unpaired) electrons. The lowest BCUT2D eigenvalue weighted by molar-refractivity contribution is -0.140. The van der Waals surface area contributed by atoms with Crippen LogP contribution in [0.15, 0.2) is 66.9 Å². The molecule has 176 valence electrons. The first-order chi connectivity index (χ1) is 17.0. The molecule has 1 amide bonds. The van der Waals surface area contributed by atoms with Crippen LogP contribution < -0.4 is 4.90 Å². The Kier molecular flexibility index (Phi) is 7.17. The van der Waals surface area contributed by atoms with E-state index in [1.807, 2.05) is 41.9 Å². The van der Waals surface area contributed by atoms with Gasteiger partial charge in [0.2, 0.25) is 0 Å². The maximum Gasteiger partial charge on any atom is 0.307 e. The normalized spacial score (nSPS) is 10.7. The number of imidazole rings is 1. The number of fused-ring (bicyclic) bond motifs is 1. The molecule has 0 N–H and O–H groups in total. The molecule has 4 rings (SSSR count). The third-order valence-corrected chi connectivity index (χ3v) is 5.88. The van der Waals surface area contributed by atoms with Gasteiger partial charge in [0.05, 0.1) is 36.2 Å². The Morgan fingerprint density at radius 3 is 2.57 bits per heavy atom.